The van der Waals surface area contributed by atoms with Crippen molar-refractivity contribution in [3.8, 4) is 0 Å². The van der Waals surface area contributed by atoms with E-state index >= 15 is 0 Å². The summed E-state index contributed by atoms with van der Waals surface area (Å²) in [5.74, 6) is -0.748. The molecule has 0 aliphatic heterocycles. The van der Waals surface area contributed by atoms with Crippen LogP contribution >= 0.6 is 11.6 Å². The molecular weight excluding hydrogens is 243 g/mol. The highest BCUT2D eigenvalue weighted by Gasteiger charge is 2.07. The fraction of sp³-hybridized carbons (Fsp3) is 0.417. The number of halogens is 2. The van der Waals surface area contributed by atoms with Gasteiger partial charge in [0.1, 0.15) is 5.82 Å². The van der Waals surface area contributed by atoms with Gasteiger partial charge in [-0.15, -0.1) is 0 Å². The first kappa shape index (κ1) is 13.9. The first-order chi connectivity index (χ1) is 7.99. The van der Waals surface area contributed by atoms with Crippen molar-refractivity contribution in [2.24, 2.45) is 0 Å². The number of rotatable bonds is 5. The average Bonchev–Trinajstić information content (AvgIpc) is 2.21. The van der Waals surface area contributed by atoms with E-state index in [0.717, 1.165) is 0 Å². The third-order valence-electron chi connectivity index (χ3n) is 2.11. The lowest BCUT2D eigenvalue weighted by atomic mass is 10.3. The maximum Gasteiger partial charge on any atom is 0.225 e. The zero-order valence-corrected chi connectivity index (χ0v) is 10.6. The maximum atomic E-state index is 13.3. The second-order valence-electron chi connectivity index (χ2n) is 4.03. The van der Waals surface area contributed by atoms with Crippen molar-refractivity contribution in [3.05, 3.63) is 29.0 Å². The number of benzene rings is 1. The van der Waals surface area contributed by atoms with Crippen LogP contribution in [0.25, 0.3) is 0 Å². The molecule has 3 nitrogen and oxygen atoms in total. The van der Waals surface area contributed by atoms with Crippen LogP contribution in [0, 0.1) is 5.82 Å². The molecule has 5 heteroatoms. The summed E-state index contributed by atoms with van der Waals surface area (Å²) in [6.07, 6.45) is 0.306. The fourth-order valence-corrected chi connectivity index (χ4v) is 1.44. The molecule has 94 valence electrons. The summed E-state index contributed by atoms with van der Waals surface area (Å²) in [6.45, 7) is 4.56. The number of carbonyl (C=O) groups is 1. The molecular formula is C12H16ClFN2O. The topological polar surface area (TPSA) is 41.1 Å². The summed E-state index contributed by atoms with van der Waals surface area (Å²) in [5, 5.41) is 5.92. The summed E-state index contributed by atoms with van der Waals surface area (Å²) < 4.78 is 13.3. The Kier molecular flexibility index (Phi) is 5.38. The van der Waals surface area contributed by atoms with Crippen molar-refractivity contribution in [2.45, 2.75) is 26.3 Å². The van der Waals surface area contributed by atoms with Gasteiger partial charge in [-0.05, 0) is 18.2 Å². The average molecular weight is 259 g/mol. The molecule has 0 unspecified atom stereocenters. The van der Waals surface area contributed by atoms with Gasteiger partial charge in [0.2, 0.25) is 5.91 Å². The van der Waals surface area contributed by atoms with Gasteiger partial charge in [-0.3, -0.25) is 4.79 Å². The van der Waals surface area contributed by atoms with Crippen molar-refractivity contribution < 1.29 is 9.18 Å². The van der Waals surface area contributed by atoms with Gasteiger partial charge in [0, 0.05) is 24.0 Å². The molecule has 1 aromatic rings. The van der Waals surface area contributed by atoms with E-state index in [1.807, 2.05) is 13.8 Å². The van der Waals surface area contributed by atoms with E-state index < -0.39 is 5.82 Å². The molecule has 0 aliphatic rings. The quantitative estimate of drug-likeness (QED) is 0.853. The van der Waals surface area contributed by atoms with E-state index in [-0.39, 0.29) is 11.6 Å². The van der Waals surface area contributed by atoms with Crippen molar-refractivity contribution in [1.82, 2.24) is 5.32 Å². The molecule has 0 aliphatic carbocycles. The standard InChI is InChI=1S/C12H16ClFN2O/c1-8(2)15-6-5-12(17)16-11-4-3-9(13)7-10(11)14/h3-4,7-8,15H,5-6H2,1-2H3,(H,16,17). The van der Waals surface area contributed by atoms with E-state index in [1.165, 1.54) is 18.2 Å². The summed E-state index contributed by atoms with van der Waals surface area (Å²) >= 11 is 5.61. The van der Waals surface area contributed by atoms with Crippen molar-refractivity contribution in [2.75, 3.05) is 11.9 Å². The minimum atomic E-state index is -0.525. The largest absolute Gasteiger partial charge is 0.324 e. The predicted octanol–water partition coefficient (Wildman–Crippen LogP) is 2.81. The molecule has 0 radical (unpaired) electrons. The van der Waals surface area contributed by atoms with Crippen molar-refractivity contribution in [1.29, 1.82) is 0 Å². The van der Waals surface area contributed by atoms with E-state index in [1.54, 1.807) is 0 Å². The lowest BCUT2D eigenvalue weighted by Gasteiger charge is -2.09. The van der Waals surface area contributed by atoms with Gasteiger partial charge in [0.05, 0.1) is 5.69 Å². The minimum absolute atomic E-state index is 0.156. The Balaban J connectivity index is 2.45. The first-order valence-electron chi connectivity index (χ1n) is 5.47. The number of amides is 1. The molecule has 0 atom stereocenters. The number of carbonyl (C=O) groups excluding carboxylic acids is 1. The smallest absolute Gasteiger partial charge is 0.225 e. The van der Waals surface area contributed by atoms with Crippen LogP contribution in [-0.2, 0) is 4.79 Å². The van der Waals surface area contributed by atoms with E-state index in [9.17, 15) is 9.18 Å². The summed E-state index contributed by atoms with van der Waals surface area (Å²) in [4.78, 5) is 11.5. The van der Waals surface area contributed by atoms with Crippen LogP contribution in [0.5, 0.6) is 0 Å². The maximum absolute atomic E-state index is 13.3. The Hall–Kier alpha value is -1.13. The van der Waals surface area contributed by atoms with Gasteiger partial charge in [-0.2, -0.15) is 0 Å². The van der Waals surface area contributed by atoms with Crippen LogP contribution in [0.1, 0.15) is 20.3 Å². The molecule has 2 N–H and O–H groups in total. The molecule has 1 rings (SSSR count). The lowest BCUT2D eigenvalue weighted by Crippen LogP contribution is -2.27. The normalized spacial score (nSPS) is 10.6. The monoisotopic (exact) mass is 258 g/mol. The summed E-state index contributed by atoms with van der Waals surface area (Å²) in [5.41, 5.74) is 0.156. The molecule has 0 saturated heterocycles. The molecule has 1 aromatic carbocycles. The van der Waals surface area contributed by atoms with Crippen LogP contribution in [0.2, 0.25) is 5.02 Å². The number of anilines is 1. The Morgan fingerprint density at radius 2 is 2.18 bits per heavy atom. The summed E-state index contributed by atoms with van der Waals surface area (Å²) in [6, 6.07) is 4.48. The Morgan fingerprint density at radius 3 is 2.76 bits per heavy atom. The van der Waals surface area contributed by atoms with Crippen LogP contribution in [-0.4, -0.2) is 18.5 Å². The Bertz CT molecular complexity index is 396. The van der Waals surface area contributed by atoms with E-state index in [4.69, 9.17) is 11.6 Å². The highest BCUT2D eigenvalue weighted by atomic mass is 35.5. The minimum Gasteiger partial charge on any atom is -0.324 e. The lowest BCUT2D eigenvalue weighted by molar-refractivity contribution is -0.116. The molecule has 17 heavy (non-hydrogen) atoms. The second kappa shape index (κ2) is 6.57. The Labute approximate surface area is 105 Å². The fourth-order valence-electron chi connectivity index (χ4n) is 1.28. The van der Waals surface area contributed by atoms with Crippen LogP contribution in [0.4, 0.5) is 10.1 Å². The van der Waals surface area contributed by atoms with Crippen LogP contribution < -0.4 is 10.6 Å². The number of nitrogens with one attached hydrogen (secondary N) is 2. The molecule has 0 bridgehead atoms. The number of hydrogen-bond donors (Lipinski definition) is 2. The highest BCUT2D eigenvalue weighted by Crippen LogP contribution is 2.18. The van der Waals surface area contributed by atoms with Gasteiger partial charge in [0.25, 0.3) is 0 Å². The molecule has 1 amide bonds. The molecule has 0 heterocycles. The molecule has 0 fully saturated rings. The van der Waals surface area contributed by atoms with Gasteiger partial charge >= 0.3 is 0 Å². The summed E-state index contributed by atoms with van der Waals surface area (Å²) in [7, 11) is 0. The van der Waals surface area contributed by atoms with E-state index in [0.29, 0.717) is 24.0 Å². The number of hydrogen-bond acceptors (Lipinski definition) is 2. The zero-order valence-electron chi connectivity index (χ0n) is 9.89. The van der Waals surface area contributed by atoms with Gasteiger partial charge in [0.15, 0.2) is 0 Å². The third-order valence-corrected chi connectivity index (χ3v) is 2.34. The van der Waals surface area contributed by atoms with Crippen molar-refractivity contribution >= 4 is 23.2 Å². The molecule has 0 aromatic heterocycles. The SMILES string of the molecule is CC(C)NCCC(=O)Nc1ccc(Cl)cc1F. The van der Waals surface area contributed by atoms with E-state index in [2.05, 4.69) is 10.6 Å². The van der Waals surface area contributed by atoms with Gasteiger partial charge in [-0.25, -0.2) is 4.39 Å². The predicted molar refractivity (Wildman–Crippen MR) is 67.8 cm³/mol. The first-order valence-corrected chi connectivity index (χ1v) is 5.85. The van der Waals surface area contributed by atoms with Crippen LogP contribution in [0.15, 0.2) is 18.2 Å². The highest BCUT2D eigenvalue weighted by molar-refractivity contribution is 6.30. The molecule has 0 saturated carbocycles. The van der Waals surface area contributed by atoms with Gasteiger partial charge in [-0.1, -0.05) is 25.4 Å². The Morgan fingerprint density at radius 1 is 1.47 bits per heavy atom. The van der Waals surface area contributed by atoms with Crippen LogP contribution in [0.3, 0.4) is 0 Å². The molecule has 0 spiro atoms. The second-order valence-corrected chi connectivity index (χ2v) is 4.47. The van der Waals surface area contributed by atoms with Gasteiger partial charge < -0.3 is 10.6 Å². The third kappa shape index (κ3) is 5.15. The van der Waals surface area contributed by atoms with Crippen molar-refractivity contribution in [3.63, 3.8) is 0 Å². The zero-order chi connectivity index (χ0) is 12.8.